The molecule has 0 bridgehead atoms. The second kappa shape index (κ2) is 9.18. The van der Waals surface area contributed by atoms with E-state index in [1.54, 1.807) is 12.1 Å². The van der Waals surface area contributed by atoms with E-state index < -0.39 is 0 Å². The van der Waals surface area contributed by atoms with Crippen LogP contribution in [0.5, 0.6) is 0 Å². The fourth-order valence-electron chi connectivity index (χ4n) is 6.62. The van der Waals surface area contributed by atoms with Crippen LogP contribution in [0, 0.1) is 23.6 Å². The van der Waals surface area contributed by atoms with E-state index in [1.165, 1.54) is 24.8 Å². The molecule has 1 amide bonds. The molecule has 1 aliphatic carbocycles. The highest BCUT2D eigenvalue weighted by Crippen LogP contribution is 2.42. The number of aromatic nitrogens is 1. The number of nitrogens with one attached hydrogen (secondary N) is 1. The number of hydrogen-bond donors (Lipinski definition) is 1. The van der Waals surface area contributed by atoms with Crippen LogP contribution in [0.2, 0.25) is 0 Å². The number of piperidine rings is 1. The molecule has 1 N–H and O–H groups in total. The fraction of sp³-hybridized carbons (Fsp3) is 0.483. The van der Waals surface area contributed by atoms with E-state index >= 15 is 0 Å². The SMILES string of the molecule is O=C(c1cccc2[nH]ccc12)N1C[C@@H](CN2CCC(c3ccc(F)cc3)CC2)[C@H](C2CCC2)C1. The van der Waals surface area contributed by atoms with Crippen LogP contribution in [0.1, 0.15) is 53.9 Å². The Morgan fingerprint density at radius 2 is 1.76 bits per heavy atom. The third kappa shape index (κ3) is 4.15. The van der Waals surface area contributed by atoms with Crippen LogP contribution in [-0.2, 0) is 0 Å². The monoisotopic (exact) mass is 459 g/mol. The number of rotatable bonds is 5. The van der Waals surface area contributed by atoms with Crippen LogP contribution in [0.4, 0.5) is 4.39 Å². The van der Waals surface area contributed by atoms with Crippen LogP contribution in [0.15, 0.2) is 54.7 Å². The summed E-state index contributed by atoms with van der Waals surface area (Å²) in [4.78, 5) is 21.6. The molecule has 0 radical (unpaired) electrons. The lowest BCUT2D eigenvalue weighted by atomic mass is 9.71. The van der Waals surface area contributed by atoms with Crippen molar-refractivity contribution in [2.24, 2.45) is 17.8 Å². The molecule has 0 spiro atoms. The molecule has 3 fully saturated rings. The zero-order valence-electron chi connectivity index (χ0n) is 19.8. The van der Waals surface area contributed by atoms with Crippen molar-refractivity contribution in [3.63, 3.8) is 0 Å². The highest BCUT2D eigenvalue weighted by atomic mass is 19.1. The van der Waals surface area contributed by atoms with E-state index in [-0.39, 0.29) is 11.7 Å². The zero-order valence-corrected chi connectivity index (χ0v) is 19.8. The van der Waals surface area contributed by atoms with E-state index in [1.807, 2.05) is 42.6 Å². The lowest BCUT2D eigenvalue weighted by Gasteiger charge is -2.38. The summed E-state index contributed by atoms with van der Waals surface area (Å²) < 4.78 is 13.3. The number of carbonyl (C=O) groups is 1. The molecule has 0 unspecified atom stereocenters. The van der Waals surface area contributed by atoms with Gasteiger partial charge in [0.1, 0.15) is 5.82 Å². The Labute approximate surface area is 201 Å². The maximum atomic E-state index is 13.6. The number of halogens is 1. The van der Waals surface area contributed by atoms with E-state index in [0.717, 1.165) is 67.9 Å². The smallest absolute Gasteiger partial charge is 0.254 e. The largest absolute Gasteiger partial charge is 0.361 e. The number of hydrogen-bond acceptors (Lipinski definition) is 2. The normalized spacial score (nSPS) is 24.6. The van der Waals surface area contributed by atoms with Gasteiger partial charge in [0, 0.05) is 42.3 Å². The number of H-pyrrole nitrogens is 1. The Balaban J connectivity index is 1.12. The van der Waals surface area contributed by atoms with Crippen LogP contribution in [-0.4, -0.2) is 53.4 Å². The number of fused-ring (bicyclic) bond motifs is 1. The first-order chi connectivity index (χ1) is 16.7. The number of carbonyl (C=O) groups excluding carboxylic acids is 1. The number of amides is 1. The van der Waals surface area contributed by atoms with E-state index in [0.29, 0.717) is 17.8 Å². The summed E-state index contributed by atoms with van der Waals surface area (Å²) in [5.41, 5.74) is 3.12. The molecule has 2 aromatic carbocycles. The average Bonchev–Trinajstić information content (AvgIpc) is 3.46. The molecule has 178 valence electrons. The average molecular weight is 460 g/mol. The Kier molecular flexibility index (Phi) is 5.90. The minimum Gasteiger partial charge on any atom is -0.361 e. The van der Waals surface area contributed by atoms with Gasteiger partial charge < -0.3 is 14.8 Å². The lowest BCUT2D eigenvalue weighted by molar-refractivity contribution is 0.0776. The van der Waals surface area contributed by atoms with Crippen molar-refractivity contribution < 1.29 is 9.18 Å². The van der Waals surface area contributed by atoms with E-state index in [2.05, 4.69) is 14.8 Å². The maximum Gasteiger partial charge on any atom is 0.254 e. The predicted octanol–water partition coefficient (Wildman–Crippen LogP) is 5.67. The first-order valence-electron chi connectivity index (χ1n) is 13.0. The van der Waals surface area contributed by atoms with Crippen molar-refractivity contribution in [3.05, 3.63) is 71.7 Å². The molecule has 6 rings (SSSR count). The Morgan fingerprint density at radius 3 is 2.50 bits per heavy atom. The third-order valence-corrected chi connectivity index (χ3v) is 8.78. The van der Waals surface area contributed by atoms with Crippen molar-refractivity contribution in [1.29, 1.82) is 0 Å². The molecule has 3 aliphatic rings. The second-order valence-corrected chi connectivity index (χ2v) is 10.7. The minimum absolute atomic E-state index is 0.156. The van der Waals surface area contributed by atoms with Crippen molar-refractivity contribution in [2.45, 2.75) is 38.0 Å². The van der Waals surface area contributed by atoms with Crippen molar-refractivity contribution in [1.82, 2.24) is 14.8 Å². The minimum atomic E-state index is -0.156. The van der Waals surface area contributed by atoms with Gasteiger partial charge in [-0.15, -0.1) is 0 Å². The second-order valence-electron chi connectivity index (χ2n) is 10.7. The molecule has 1 saturated carbocycles. The van der Waals surface area contributed by atoms with Gasteiger partial charge in [0.2, 0.25) is 0 Å². The van der Waals surface area contributed by atoms with Gasteiger partial charge in [0.15, 0.2) is 0 Å². The summed E-state index contributed by atoms with van der Waals surface area (Å²) in [5, 5.41) is 1.03. The zero-order chi connectivity index (χ0) is 23.1. The summed E-state index contributed by atoms with van der Waals surface area (Å²) in [6, 6.07) is 15.1. The van der Waals surface area contributed by atoms with Crippen molar-refractivity contribution in [3.8, 4) is 0 Å². The molecule has 2 aliphatic heterocycles. The Hall–Kier alpha value is -2.66. The molecule has 2 saturated heterocycles. The predicted molar refractivity (Wildman–Crippen MR) is 133 cm³/mol. The quantitative estimate of drug-likeness (QED) is 0.534. The number of benzene rings is 2. The number of likely N-dealkylation sites (tertiary alicyclic amines) is 2. The van der Waals surface area contributed by atoms with Crippen LogP contribution in [0.3, 0.4) is 0 Å². The van der Waals surface area contributed by atoms with Crippen LogP contribution in [0.25, 0.3) is 10.9 Å². The fourth-order valence-corrected chi connectivity index (χ4v) is 6.62. The standard InChI is InChI=1S/C29H34FN3O/c30-24-9-7-20(8-10-24)21-12-15-32(16-13-21)17-23-18-33(19-27(23)22-3-1-4-22)29(34)26-5-2-6-28-25(26)11-14-31-28/h2,5-11,14,21-23,27,31H,1,3-4,12-13,15-19H2/t23-,27+/m1/s1. The summed E-state index contributed by atoms with van der Waals surface area (Å²) >= 11 is 0. The van der Waals surface area contributed by atoms with E-state index in [4.69, 9.17) is 0 Å². The molecule has 3 aromatic rings. The van der Waals surface area contributed by atoms with Gasteiger partial charge in [-0.2, -0.15) is 0 Å². The molecule has 4 nitrogen and oxygen atoms in total. The summed E-state index contributed by atoms with van der Waals surface area (Å²) in [7, 11) is 0. The Morgan fingerprint density at radius 1 is 0.971 bits per heavy atom. The van der Waals surface area contributed by atoms with Gasteiger partial charge in [-0.25, -0.2) is 4.39 Å². The number of aromatic amines is 1. The molecule has 2 atom stereocenters. The van der Waals surface area contributed by atoms with Gasteiger partial charge in [-0.05, 0) is 85.5 Å². The van der Waals surface area contributed by atoms with Crippen molar-refractivity contribution in [2.75, 3.05) is 32.7 Å². The molecular weight excluding hydrogens is 425 g/mol. The van der Waals surface area contributed by atoms with Gasteiger partial charge >= 0.3 is 0 Å². The lowest BCUT2D eigenvalue weighted by Crippen LogP contribution is -2.40. The van der Waals surface area contributed by atoms with Crippen LogP contribution >= 0.6 is 0 Å². The number of nitrogens with zero attached hydrogens (tertiary/aromatic N) is 2. The summed E-state index contributed by atoms with van der Waals surface area (Å²) in [6.45, 7) is 5.05. The van der Waals surface area contributed by atoms with Gasteiger partial charge in [0.05, 0.1) is 0 Å². The molecule has 5 heteroatoms. The van der Waals surface area contributed by atoms with E-state index in [9.17, 15) is 9.18 Å². The molecule has 3 heterocycles. The van der Waals surface area contributed by atoms with Crippen molar-refractivity contribution >= 4 is 16.8 Å². The highest BCUT2D eigenvalue weighted by Gasteiger charge is 2.42. The van der Waals surface area contributed by atoms with Gasteiger partial charge in [-0.1, -0.05) is 37.5 Å². The highest BCUT2D eigenvalue weighted by molar-refractivity contribution is 6.06. The van der Waals surface area contributed by atoms with Gasteiger partial charge in [-0.3, -0.25) is 4.79 Å². The summed E-state index contributed by atoms with van der Waals surface area (Å²) in [6.07, 6.45) is 8.16. The molecule has 1 aromatic heterocycles. The van der Waals surface area contributed by atoms with Gasteiger partial charge in [0.25, 0.3) is 5.91 Å². The summed E-state index contributed by atoms with van der Waals surface area (Å²) in [5.74, 6) is 2.52. The Bertz CT molecular complexity index is 1140. The topological polar surface area (TPSA) is 39.3 Å². The molecular formula is C29H34FN3O. The first kappa shape index (κ1) is 21.8. The first-order valence-corrected chi connectivity index (χ1v) is 13.0. The van der Waals surface area contributed by atoms with Crippen LogP contribution < -0.4 is 0 Å². The maximum absolute atomic E-state index is 13.6. The third-order valence-electron chi connectivity index (χ3n) is 8.78. The molecule has 34 heavy (non-hydrogen) atoms.